The maximum absolute atomic E-state index is 5.77. The fraction of sp³-hybridized carbons (Fsp3) is 0.312. The van der Waals surface area contributed by atoms with Gasteiger partial charge in [0, 0.05) is 25.9 Å². The molecule has 0 radical (unpaired) electrons. The highest BCUT2D eigenvalue weighted by molar-refractivity contribution is 6.29. The van der Waals surface area contributed by atoms with Gasteiger partial charge in [-0.15, -0.1) is 0 Å². The Morgan fingerprint density at radius 2 is 2.13 bits per heavy atom. The van der Waals surface area contributed by atoms with Gasteiger partial charge in [0.05, 0.1) is 19.3 Å². The van der Waals surface area contributed by atoms with E-state index in [1.165, 1.54) is 0 Å². The number of nitrogens with one attached hydrogen (secondary N) is 2. The SMILES string of the molecule is CN=C(NCCc1ccc(Cl)nc1)NCc1cccc(OC)n1. The average molecular weight is 334 g/mol. The van der Waals surface area contributed by atoms with Gasteiger partial charge in [0.25, 0.3) is 0 Å². The Morgan fingerprint density at radius 1 is 1.26 bits per heavy atom. The van der Waals surface area contributed by atoms with Gasteiger partial charge in [-0.25, -0.2) is 9.97 Å². The van der Waals surface area contributed by atoms with E-state index in [1.54, 1.807) is 26.4 Å². The van der Waals surface area contributed by atoms with Crippen LogP contribution in [0.3, 0.4) is 0 Å². The zero-order valence-electron chi connectivity index (χ0n) is 13.2. The molecule has 0 aliphatic carbocycles. The molecule has 2 rings (SSSR count). The summed E-state index contributed by atoms with van der Waals surface area (Å²) >= 11 is 5.77. The summed E-state index contributed by atoms with van der Waals surface area (Å²) in [6, 6.07) is 9.41. The smallest absolute Gasteiger partial charge is 0.213 e. The van der Waals surface area contributed by atoms with Crippen molar-refractivity contribution in [2.75, 3.05) is 20.7 Å². The Bertz CT molecular complexity index is 645. The predicted octanol–water partition coefficient (Wildman–Crippen LogP) is 2.05. The van der Waals surface area contributed by atoms with E-state index in [0.717, 1.165) is 30.2 Å². The van der Waals surface area contributed by atoms with Crippen molar-refractivity contribution in [3.05, 3.63) is 52.9 Å². The fourth-order valence-corrected chi connectivity index (χ4v) is 2.06. The van der Waals surface area contributed by atoms with Crippen LogP contribution in [0.2, 0.25) is 5.15 Å². The maximum atomic E-state index is 5.77. The number of nitrogens with zero attached hydrogens (tertiary/aromatic N) is 3. The lowest BCUT2D eigenvalue weighted by molar-refractivity contribution is 0.396. The van der Waals surface area contributed by atoms with Gasteiger partial charge in [-0.3, -0.25) is 4.99 Å². The average Bonchev–Trinajstić information content (AvgIpc) is 2.59. The summed E-state index contributed by atoms with van der Waals surface area (Å²) in [6.45, 7) is 1.31. The van der Waals surface area contributed by atoms with Crippen LogP contribution in [0, 0.1) is 0 Å². The number of guanidine groups is 1. The van der Waals surface area contributed by atoms with Crippen molar-refractivity contribution in [2.45, 2.75) is 13.0 Å². The quantitative estimate of drug-likeness (QED) is 0.481. The topological polar surface area (TPSA) is 71.4 Å². The molecule has 0 fully saturated rings. The first-order chi connectivity index (χ1) is 11.2. The van der Waals surface area contributed by atoms with Gasteiger partial charge >= 0.3 is 0 Å². The molecule has 2 aromatic rings. The van der Waals surface area contributed by atoms with Crippen LogP contribution < -0.4 is 15.4 Å². The Labute approximate surface area is 141 Å². The molecule has 0 unspecified atom stereocenters. The lowest BCUT2D eigenvalue weighted by Gasteiger charge is -2.12. The zero-order chi connectivity index (χ0) is 16.5. The molecule has 2 heterocycles. The van der Waals surface area contributed by atoms with Crippen molar-refractivity contribution in [1.29, 1.82) is 0 Å². The second-order valence-corrected chi connectivity index (χ2v) is 5.15. The van der Waals surface area contributed by atoms with Gasteiger partial charge in [0.2, 0.25) is 5.88 Å². The number of hydrogen-bond donors (Lipinski definition) is 2. The van der Waals surface area contributed by atoms with E-state index in [4.69, 9.17) is 16.3 Å². The minimum atomic E-state index is 0.505. The van der Waals surface area contributed by atoms with Gasteiger partial charge < -0.3 is 15.4 Å². The van der Waals surface area contributed by atoms with E-state index >= 15 is 0 Å². The zero-order valence-corrected chi connectivity index (χ0v) is 14.0. The van der Waals surface area contributed by atoms with Crippen molar-refractivity contribution in [3.63, 3.8) is 0 Å². The summed E-state index contributed by atoms with van der Waals surface area (Å²) in [7, 11) is 3.34. The van der Waals surface area contributed by atoms with Gasteiger partial charge in [-0.05, 0) is 24.1 Å². The van der Waals surface area contributed by atoms with Crippen LogP contribution in [-0.4, -0.2) is 36.6 Å². The molecule has 0 atom stereocenters. The molecule has 2 aromatic heterocycles. The number of halogens is 1. The molecule has 0 aromatic carbocycles. The normalized spacial score (nSPS) is 11.2. The summed E-state index contributed by atoms with van der Waals surface area (Å²) in [6.07, 6.45) is 2.61. The molecule has 0 saturated carbocycles. The second kappa shape index (κ2) is 8.95. The van der Waals surface area contributed by atoms with Crippen LogP contribution in [0.4, 0.5) is 0 Å². The molecule has 7 heteroatoms. The predicted molar refractivity (Wildman–Crippen MR) is 91.9 cm³/mol. The summed E-state index contributed by atoms with van der Waals surface area (Å²) in [5.74, 6) is 1.32. The molecular weight excluding hydrogens is 314 g/mol. The molecule has 0 aliphatic heterocycles. The molecule has 0 spiro atoms. The van der Waals surface area contributed by atoms with Crippen molar-refractivity contribution in [1.82, 2.24) is 20.6 Å². The van der Waals surface area contributed by atoms with Crippen LogP contribution in [0.1, 0.15) is 11.3 Å². The van der Waals surface area contributed by atoms with E-state index in [0.29, 0.717) is 17.6 Å². The molecule has 23 heavy (non-hydrogen) atoms. The maximum Gasteiger partial charge on any atom is 0.213 e. The van der Waals surface area contributed by atoms with Crippen LogP contribution in [0.25, 0.3) is 0 Å². The number of methoxy groups -OCH3 is 1. The number of aliphatic imine (C=N–C) groups is 1. The summed E-state index contributed by atoms with van der Waals surface area (Å²) < 4.78 is 5.11. The first kappa shape index (κ1) is 17.0. The van der Waals surface area contributed by atoms with Crippen LogP contribution in [0.15, 0.2) is 41.5 Å². The number of ether oxygens (including phenoxy) is 1. The molecule has 0 aliphatic rings. The van der Waals surface area contributed by atoms with Crippen molar-refractivity contribution < 1.29 is 4.74 Å². The number of rotatable bonds is 6. The number of hydrogen-bond acceptors (Lipinski definition) is 4. The summed E-state index contributed by atoms with van der Waals surface area (Å²) in [5, 5.41) is 6.97. The first-order valence-electron chi connectivity index (χ1n) is 7.26. The summed E-state index contributed by atoms with van der Waals surface area (Å²) in [4.78, 5) is 12.6. The highest BCUT2D eigenvalue weighted by Crippen LogP contribution is 2.06. The van der Waals surface area contributed by atoms with Crippen molar-refractivity contribution >= 4 is 17.6 Å². The van der Waals surface area contributed by atoms with Gasteiger partial charge in [-0.2, -0.15) is 0 Å². The standard InChI is InChI=1S/C16H20ClN5O/c1-18-16(19-9-8-12-6-7-14(17)20-10-12)21-11-13-4-3-5-15(22-13)23-2/h3-7,10H,8-9,11H2,1-2H3,(H2,18,19,21). The Kier molecular flexibility index (Phi) is 6.62. The van der Waals surface area contributed by atoms with Gasteiger partial charge in [0.15, 0.2) is 5.96 Å². The number of pyridine rings is 2. The molecule has 0 amide bonds. The van der Waals surface area contributed by atoms with Crippen LogP contribution >= 0.6 is 11.6 Å². The Balaban J connectivity index is 1.78. The Hall–Kier alpha value is -2.34. The molecular formula is C16H20ClN5O. The fourth-order valence-electron chi connectivity index (χ4n) is 1.94. The third-order valence-electron chi connectivity index (χ3n) is 3.15. The largest absolute Gasteiger partial charge is 0.481 e. The minimum Gasteiger partial charge on any atom is -0.481 e. The highest BCUT2D eigenvalue weighted by atomic mass is 35.5. The van der Waals surface area contributed by atoms with Crippen molar-refractivity contribution in [2.24, 2.45) is 4.99 Å². The molecule has 2 N–H and O–H groups in total. The minimum absolute atomic E-state index is 0.505. The van der Waals surface area contributed by atoms with Crippen LogP contribution in [0.5, 0.6) is 5.88 Å². The monoisotopic (exact) mass is 333 g/mol. The van der Waals surface area contributed by atoms with E-state index in [-0.39, 0.29) is 0 Å². The first-order valence-corrected chi connectivity index (χ1v) is 7.64. The molecule has 122 valence electrons. The van der Waals surface area contributed by atoms with E-state index in [2.05, 4.69) is 25.6 Å². The lowest BCUT2D eigenvalue weighted by Crippen LogP contribution is -2.38. The second-order valence-electron chi connectivity index (χ2n) is 4.76. The Morgan fingerprint density at radius 3 is 2.83 bits per heavy atom. The molecule has 6 nitrogen and oxygen atoms in total. The van der Waals surface area contributed by atoms with Gasteiger partial charge in [-0.1, -0.05) is 23.7 Å². The van der Waals surface area contributed by atoms with Crippen molar-refractivity contribution in [3.8, 4) is 5.88 Å². The molecule has 0 saturated heterocycles. The van der Waals surface area contributed by atoms with Gasteiger partial charge in [0.1, 0.15) is 5.15 Å². The third-order valence-corrected chi connectivity index (χ3v) is 3.37. The third kappa shape index (κ3) is 5.75. The molecule has 0 bridgehead atoms. The van der Waals surface area contributed by atoms with E-state index in [9.17, 15) is 0 Å². The lowest BCUT2D eigenvalue weighted by atomic mass is 10.2. The van der Waals surface area contributed by atoms with E-state index < -0.39 is 0 Å². The highest BCUT2D eigenvalue weighted by Gasteiger charge is 2.01. The van der Waals surface area contributed by atoms with E-state index in [1.807, 2.05) is 24.3 Å². The number of aromatic nitrogens is 2. The van der Waals surface area contributed by atoms with Crippen LogP contribution in [-0.2, 0) is 13.0 Å². The summed E-state index contributed by atoms with van der Waals surface area (Å²) in [5.41, 5.74) is 2.00.